The molecule has 7 nitrogen and oxygen atoms in total. The number of carbonyl (C=O) groups excluding carboxylic acids is 1. The molecule has 3 aromatic rings. The predicted octanol–water partition coefficient (Wildman–Crippen LogP) is 3.27. The Kier molecular flexibility index (Phi) is 4.75. The maximum atomic E-state index is 12.1. The van der Waals surface area contributed by atoms with E-state index < -0.39 is 5.91 Å². The topological polar surface area (TPSA) is 77.6 Å². The van der Waals surface area contributed by atoms with Crippen LogP contribution in [0.1, 0.15) is 16.1 Å². The van der Waals surface area contributed by atoms with Crippen molar-refractivity contribution < 1.29 is 4.79 Å². The molecule has 0 bridgehead atoms. The maximum absolute atomic E-state index is 12.1. The molecule has 3 rings (SSSR count). The highest BCUT2D eigenvalue weighted by Crippen LogP contribution is 2.25. The lowest BCUT2D eigenvalue weighted by atomic mass is 10.2. The van der Waals surface area contributed by atoms with Crippen molar-refractivity contribution >= 4 is 46.7 Å². The summed E-state index contributed by atoms with van der Waals surface area (Å²) < 4.78 is 2.96. The summed E-state index contributed by atoms with van der Waals surface area (Å²) in [4.78, 5) is 16.2. The number of nitrogens with one attached hydrogen (secondary N) is 1. The lowest BCUT2D eigenvalue weighted by Gasteiger charge is -2.06. The van der Waals surface area contributed by atoms with Crippen molar-refractivity contribution in [1.29, 1.82) is 0 Å². The average Bonchev–Trinajstić information content (AvgIpc) is 3.09. The van der Waals surface area contributed by atoms with Crippen LogP contribution in [-0.4, -0.2) is 30.5 Å². The Balaban J connectivity index is 1.74. The predicted molar refractivity (Wildman–Crippen MR) is 91.8 cm³/mol. The Morgan fingerprint density at radius 2 is 1.88 bits per heavy atom. The second-order valence-electron chi connectivity index (χ2n) is 4.92. The molecular weight excluding hydrogens is 375 g/mol. The Labute approximate surface area is 152 Å². The van der Waals surface area contributed by atoms with E-state index in [1.165, 1.54) is 21.9 Å². The molecule has 0 spiro atoms. The van der Waals surface area contributed by atoms with E-state index in [9.17, 15) is 4.79 Å². The van der Waals surface area contributed by atoms with Gasteiger partial charge in [0.15, 0.2) is 5.69 Å². The lowest BCUT2D eigenvalue weighted by molar-refractivity contribution is 0.102. The van der Waals surface area contributed by atoms with Crippen LogP contribution in [0.3, 0.4) is 0 Å². The SMILES string of the molecule is Cn1cc(Cl)c(C(=O)Nc2ncn(Cc3c(Cl)cccc3Cl)n2)n1. The van der Waals surface area contributed by atoms with Gasteiger partial charge < -0.3 is 0 Å². The average molecular weight is 386 g/mol. The van der Waals surface area contributed by atoms with E-state index in [4.69, 9.17) is 34.8 Å². The van der Waals surface area contributed by atoms with E-state index in [0.29, 0.717) is 16.6 Å². The van der Waals surface area contributed by atoms with Gasteiger partial charge >= 0.3 is 0 Å². The van der Waals surface area contributed by atoms with Crippen molar-refractivity contribution in [3.05, 3.63) is 57.0 Å². The first kappa shape index (κ1) is 16.8. The summed E-state index contributed by atoms with van der Waals surface area (Å²) in [6.07, 6.45) is 3.00. The van der Waals surface area contributed by atoms with E-state index in [0.717, 1.165) is 5.56 Å². The zero-order chi connectivity index (χ0) is 17.3. The summed E-state index contributed by atoms with van der Waals surface area (Å²) in [5, 5.41) is 12.0. The van der Waals surface area contributed by atoms with Crippen molar-refractivity contribution in [2.45, 2.75) is 6.54 Å². The molecule has 1 N–H and O–H groups in total. The molecule has 0 aliphatic rings. The molecule has 10 heteroatoms. The van der Waals surface area contributed by atoms with E-state index in [-0.39, 0.29) is 16.7 Å². The molecule has 124 valence electrons. The first-order valence-corrected chi connectivity index (χ1v) is 7.90. The minimum Gasteiger partial charge on any atom is -0.288 e. The molecule has 0 fully saturated rings. The number of carbonyl (C=O) groups is 1. The summed E-state index contributed by atoms with van der Waals surface area (Å²) in [6, 6.07) is 5.24. The summed E-state index contributed by atoms with van der Waals surface area (Å²) in [7, 11) is 1.67. The molecule has 0 radical (unpaired) electrons. The highest BCUT2D eigenvalue weighted by atomic mass is 35.5. The number of hydrogen-bond donors (Lipinski definition) is 1. The monoisotopic (exact) mass is 384 g/mol. The number of hydrogen-bond acceptors (Lipinski definition) is 4. The smallest absolute Gasteiger partial charge is 0.280 e. The van der Waals surface area contributed by atoms with Crippen LogP contribution in [0.15, 0.2) is 30.7 Å². The zero-order valence-corrected chi connectivity index (χ0v) is 14.6. The normalized spacial score (nSPS) is 10.8. The quantitative estimate of drug-likeness (QED) is 0.747. The maximum Gasteiger partial charge on any atom is 0.280 e. The Morgan fingerprint density at radius 1 is 1.17 bits per heavy atom. The number of amides is 1. The molecule has 0 saturated carbocycles. The van der Waals surface area contributed by atoms with Gasteiger partial charge in [0.2, 0.25) is 5.95 Å². The molecule has 0 unspecified atom stereocenters. The minimum absolute atomic E-state index is 0.102. The van der Waals surface area contributed by atoms with Gasteiger partial charge in [0.25, 0.3) is 5.91 Å². The van der Waals surface area contributed by atoms with E-state index in [1.54, 1.807) is 25.2 Å². The van der Waals surface area contributed by atoms with Gasteiger partial charge in [-0.15, -0.1) is 5.10 Å². The van der Waals surface area contributed by atoms with Gasteiger partial charge in [0.1, 0.15) is 6.33 Å². The Hall–Kier alpha value is -2.09. The van der Waals surface area contributed by atoms with Gasteiger partial charge in [-0.3, -0.25) is 14.8 Å². The van der Waals surface area contributed by atoms with Crippen LogP contribution in [0.2, 0.25) is 15.1 Å². The molecule has 1 amide bonds. The van der Waals surface area contributed by atoms with Crippen LogP contribution in [0.5, 0.6) is 0 Å². The second-order valence-corrected chi connectivity index (χ2v) is 6.14. The molecule has 2 aromatic heterocycles. The summed E-state index contributed by atoms with van der Waals surface area (Å²) in [5.41, 5.74) is 0.820. The van der Waals surface area contributed by atoms with Gasteiger partial charge in [0.05, 0.1) is 11.6 Å². The molecule has 0 aliphatic heterocycles. The van der Waals surface area contributed by atoms with Gasteiger partial charge in [-0.2, -0.15) is 5.10 Å². The van der Waals surface area contributed by atoms with Crippen molar-refractivity contribution in [3.63, 3.8) is 0 Å². The Morgan fingerprint density at radius 3 is 2.50 bits per heavy atom. The van der Waals surface area contributed by atoms with E-state index in [1.807, 2.05) is 0 Å². The molecule has 0 saturated heterocycles. The molecule has 0 atom stereocenters. The van der Waals surface area contributed by atoms with E-state index in [2.05, 4.69) is 20.5 Å². The van der Waals surface area contributed by atoms with Gasteiger partial charge in [-0.05, 0) is 12.1 Å². The molecular formula is C14H11Cl3N6O. The second kappa shape index (κ2) is 6.80. The van der Waals surface area contributed by atoms with Gasteiger partial charge in [0, 0.05) is 28.9 Å². The van der Waals surface area contributed by atoms with Crippen LogP contribution in [0.25, 0.3) is 0 Å². The first-order valence-electron chi connectivity index (χ1n) is 6.77. The zero-order valence-electron chi connectivity index (χ0n) is 12.4. The fourth-order valence-electron chi connectivity index (χ4n) is 2.05. The van der Waals surface area contributed by atoms with Crippen LogP contribution in [0, 0.1) is 0 Å². The number of nitrogens with zero attached hydrogens (tertiary/aromatic N) is 5. The number of benzene rings is 1. The number of aromatic nitrogens is 5. The summed E-state index contributed by atoms with van der Waals surface area (Å²) in [5.74, 6) is -0.362. The highest BCUT2D eigenvalue weighted by molar-refractivity contribution is 6.36. The molecule has 24 heavy (non-hydrogen) atoms. The van der Waals surface area contributed by atoms with Crippen molar-refractivity contribution in [3.8, 4) is 0 Å². The van der Waals surface area contributed by atoms with E-state index >= 15 is 0 Å². The Bertz CT molecular complexity index is 884. The molecule has 2 heterocycles. The third kappa shape index (κ3) is 3.53. The standard InChI is InChI=1S/C14H11Cl3N6O/c1-22-6-11(17)12(20-22)13(24)19-14-18-7-23(21-14)5-8-9(15)3-2-4-10(8)16/h2-4,6-7H,5H2,1H3,(H,19,21,24). The van der Waals surface area contributed by atoms with Crippen LogP contribution in [0.4, 0.5) is 5.95 Å². The highest BCUT2D eigenvalue weighted by Gasteiger charge is 2.17. The largest absolute Gasteiger partial charge is 0.288 e. The molecule has 1 aromatic carbocycles. The lowest BCUT2D eigenvalue weighted by Crippen LogP contribution is -2.15. The van der Waals surface area contributed by atoms with Gasteiger partial charge in [-0.25, -0.2) is 9.67 Å². The minimum atomic E-state index is -0.492. The van der Waals surface area contributed by atoms with Crippen LogP contribution < -0.4 is 5.32 Å². The van der Waals surface area contributed by atoms with Crippen LogP contribution >= 0.6 is 34.8 Å². The van der Waals surface area contributed by atoms with Gasteiger partial charge in [-0.1, -0.05) is 40.9 Å². The third-order valence-corrected chi connectivity index (χ3v) is 4.13. The van der Waals surface area contributed by atoms with Crippen molar-refractivity contribution in [2.24, 2.45) is 7.05 Å². The number of aryl methyl sites for hydroxylation is 1. The first-order chi connectivity index (χ1) is 11.4. The fourth-order valence-corrected chi connectivity index (χ4v) is 2.83. The number of halogens is 3. The summed E-state index contributed by atoms with van der Waals surface area (Å²) in [6.45, 7) is 0.325. The van der Waals surface area contributed by atoms with Crippen molar-refractivity contribution in [2.75, 3.05) is 5.32 Å². The fraction of sp³-hybridized carbons (Fsp3) is 0.143. The number of anilines is 1. The third-order valence-electron chi connectivity index (χ3n) is 3.14. The number of rotatable bonds is 4. The molecule has 0 aliphatic carbocycles. The van der Waals surface area contributed by atoms with Crippen molar-refractivity contribution in [1.82, 2.24) is 24.5 Å². The van der Waals surface area contributed by atoms with Crippen LogP contribution in [-0.2, 0) is 13.6 Å². The summed E-state index contributed by atoms with van der Waals surface area (Å²) >= 11 is 18.2.